The molecule has 0 unspecified atom stereocenters. The first-order valence-corrected chi connectivity index (χ1v) is 13.4. The van der Waals surface area contributed by atoms with Crippen LogP contribution in [0.15, 0.2) is 33.2 Å². The molecule has 0 fully saturated rings. The van der Waals surface area contributed by atoms with E-state index in [-0.39, 0.29) is 24.3 Å². The third kappa shape index (κ3) is 6.68. The molecule has 2 aromatic carbocycles. The summed E-state index contributed by atoms with van der Waals surface area (Å²) in [5.74, 6) is -1.75. The molecule has 2 aliphatic heterocycles. The predicted octanol–water partition coefficient (Wildman–Crippen LogP) is 2.26. The number of aliphatic hydroxyl groups is 1. The molecule has 194 valence electrons. The Morgan fingerprint density at radius 3 is 2.33 bits per heavy atom. The highest BCUT2D eigenvalue weighted by Gasteiger charge is 2.32. The van der Waals surface area contributed by atoms with E-state index in [4.69, 9.17) is 15.2 Å². The van der Waals surface area contributed by atoms with Crippen LogP contribution in [0.3, 0.4) is 0 Å². The highest BCUT2D eigenvalue weighted by Crippen LogP contribution is 2.42. The van der Waals surface area contributed by atoms with Crippen LogP contribution in [0.25, 0.3) is 0 Å². The maximum atomic E-state index is 13.0. The lowest BCUT2D eigenvalue weighted by atomic mass is 10.0. The minimum atomic E-state index is -1.37. The third-order valence-corrected chi connectivity index (χ3v) is 7.46. The Bertz CT molecular complexity index is 1170. The van der Waals surface area contributed by atoms with Crippen molar-refractivity contribution in [3.05, 3.63) is 47.9 Å². The van der Waals surface area contributed by atoms with Crippen molar-refractivity contribution in [3.63, 3.8) is 0 Å². The molecule has 0 spiro atoms. The second-order valence-electron chi connectivity index (χ2n) is 8.24. The highest BCUT2D eigenvalue weighted by molar-refractivity contribution is 14.1. The largest absolute Gasteiger partial charge is 0.504 e. The van der Waals surface area contributed by atoms with Crippen LogP contribution in [-0.4, -0.2) is 59.3 Å². The number of rotatable bonds is 2. The van der Waals surface area contributed by atoms with Crippen LogP contribution in [0, 0.1) is 3.57 Å². The summed E-state index contributed by atoms with van der Waals surface area (Å²) in [5, 5.41) is 25.8. The number of aliphatic hydroxyl groups excluding tert-OH is 1. The summed E-state index contributed by atoms with van der Waals surface area (Å²) in [7, 11) is 1.19. The fourth-order valence-electron chi connectivity index (χ4n) is 3.61. The molecule has 2 aromatic rings. The summed E-state index contributed by atoms with van der Waals surface area (Å²) in [6.07, 6.45) is -1.19. The molecular formula is C23H24Br2IN3O7. The number of amides is 2. The maximum absolute atomic E-state index is 13.0. The molecular weight excluding hydrogens is 717 g/mol. The molecule has 6 N–H and O–H groups in total. The van der Waals surface area contributed by atoms with Gasteiger partial charge in [0.2, 0.25) is 11.8 Å². The number of nitrogens with two attached hydrogens (primary N) is 1. The average Bonchev–Trinajstić information content (AvgIpc) is 2.80. The third-order valence-electron chi connectivity index (χ3n) is 5.46. The molecule has 0 aliphatic carbocycles. The zero-order valence-electron chi connectivity index (χ0n) is 19.2. The van der Waals surface area contributed by atoms with Gasteiger partial charge in [0.1, 0.15) is 12.1 Å². The smallest absolute Gasteiger partial charge is 0.328 e. The molecule has 4 atom stereocenters. The number of aromatic hydroxyl groups is 1. The summed E-state index contributed by atoms with van der Waals surface area (Å²) in [5.41, 5.74) is 7.34. The van der Waals surface area contributed by atoms with Crippen LogP contribution in [0.5, 0.6) is 17.2 Å². The van der Waals surface area contributed by atoms with Gasteiger partial charge in [-0.1, -0.05) is 0 Å². The van der Waals surface area contributed by atoms with Gasteiger partial charge in [0.05, 0.1) is 31.8 Å². The molecule has 2 aliphatic rings. The Morgan fingerprint density at radius 1 is 1.14 bits per heavy atom. The number of carbonyl (C=O) groups excluding carboxylic acids is 3. The molecule has 0 saturated carbocycles. The quantitative estimate of drug-likeness (QED) is 0.232. The van der Waals surface area contributed by atoms with E-state index in [1.165, 1.54) is 14.0 Å². The van der Waals surface area contributed by atoms with Crippen molar-refractivity contribution in [1.82, 2.24) is 10.6 Å². The lowest BCUT2D eigenvalue weighted by Gasteiger charge is -2.25. The van der Waals surface area contributed by atoms with E-state index in [0.29, 0.717) is 29.4 Å². The first kappa shape index (κ1) is 28.6. The SMILES string of the molecule is COC(=O)[C@@H]1Cc2cc(Br)c(c(Br)c2)Oc2cc(cc(I)c2O)C[C@H](N)C(=O)N[C@@H]([C@@H](C)O)C(=O)N1. The number of benzene rings is 2. The Kier molecular flexibility index (Phi) is 9.60. The van der Waals surface area contributed by atoms with Gasteiger partial charge in [-0.3, -0.25) is 9.59 Å². The number of fused-ring (bicyclic) bond motifs is 10. The van der Waals surface area contributed by atoms with Gasteiger partial charge in [-0.05, 0) is 103 Å². The lowest BCUT2D eigenvalue weighted by Crippen LogP contribution is -2.58. The number of phenols is 1. The molecule has 4 rings (SSSR count). The minimum Gasteiger partial charge on any atom is -0.504 e. The summed E-state index contributed by atoms with van der Waals surface area (Å²) >= 11 is 8.87. The first-order valence-electron chi connectivity index (χ1n) is 10.7. The standard InChI is InChI=1S/C23H24Br2IN3O7/c1-9(30)18-22(33)28-16(23(34)35-2)7-10-3-12(24)20(13(25)4-10)36-17-8-11(5-14(26)19(17)31)6-15(27)21(32)29-18/h3-5,8-9,15-16,18,30-31H,6-7,27H2,1-2H3,(H,28,33)(H,29,32)/t9-,15+,16+,18+/m1/s1. The van der Waals surface area contributed by atoms with E-state index in [0.717, 1.165) is 0 Å². The van der Waals surface area contributed by atoms with Gasteiger partial charge in [-0.25, -0.2) is 4.79 Å². The number of hydrogen-bond acceptors (Lipinski definition) is 8. The van der Waals surface area contributed by atoms with Gasteiger partial charge in [0, 0.05) is 6.42 Å². The summed E-state index contributed by atoms with van der Waals surface area (Å²) < 4.78 is 12.4. The van der Waals surface area contributed by atoms with E-state index in [1.807, 2.05) is 22.6 Å². The van der Waals surface area contributed by atoms with Crippen LogP contribution in [-0.2, 0) is 32.0 Å². The van der Waals surface area contributed by atoms with Crippen LogP contribution >= 0.6 is 54.5 Å². The monoisotopic (exact) mass is 739 g/mol. The zero-order chi connectivity index (χ0) is 26.7. The van der Waals surface area contributed by atoms with Gasteiger partial charge < -0.3 is 36.1 Å². The van der Waals surface area contributed by atoms with Gasteiger partial charge in [-0.15, -0.1) is 0 Å². The van der Waals surface area contributed by atoms with Crippen LogP contribution in [0.2, 0.25) is 0 Å². The van der Waals surface area contributed by atoms with E-state index in [9.17, 15) is 24.6 Å². The lowest BCUT2D eigenvalue weighted by molar-refractivity contribution is -0.145. The summed E-state index contributed by atoms with van der Waals surface area (Å²) in [6, 6.07) is 3.07. The van der Waals surface area contributed by atoms with Crippen molar-refractivity contribution < 1.29 is 34.1 Å². The molecule has 0 saturated heterocycles. The number of halogens is 3. The number of esters is 1. The van der Waals surface area contributed by atoms with Crippen molar-refractivity contribution in [2.45, 2.75) is 44.0 Å². The fourth-order valence-corrected chi connectivity index (χ4v) is 5.71. The Balaban J connectivity index is 2.13. The summed E-state index contributed by atoms with van der Waals surface area (Å²) in [6.45, 7) is 1.34. The molecule has 36 heavy (non-hydrogen) atoms. The predicted molar refractivity (Wildman–Crippen MR) is 146 cm³/mol. The molecule has 10 nitrogen and oxygen atoms in total. The molecule has 13 heteroatoms. The zero-order valence-corrected chi connectivity index (χ0v) is 24.5. The van der Waals surface area contributed by atoms with Gasteiger partial charge >= 0.3 is 5.97 Å². The normalized spacial score (nSPS) is 21.6. The van der Waals surface area contributed by atoms with Crippen molar-refractivity contribution in [1.29, 1.82) is 0 Å². The van der Waals surface area contributed by atoms with Crippen LogP contribution in [0.4, 0.5) is 0 Å². The van der Waals surface area contributed by atoms with E-state index >= 15 is 0 Å². The van der Waals surface area contributed by atoms with Gasteiger partial charge in [0.15, 0.2) is 17.2 Å². The van der Waals surface area contributed by atoms with E-state index in [1.54, 1.807) is 24.3 Å². The minimum absolute atomic E-state index is 0.0362. The highest BCUT2D eigenvalue weighted by atomic mass is 127. The van der Waals surface area contributed by atoms with Crippen molar-refractivity contribution in [2.24, 2.45) is 5.73 Å². The fraction of sp³-hybridized carbons (Fsp3) is 0.348. The number of hydrogen-bond donors (Lipinski definition) is 5. The van der Waals surface area contributed by atoms with Crippen LogP contribution in [0.1, 0.15) is 18.1 Å². The number of phenolic OH excluding ortho intramolecular Hbond substituents is 1. The Hall–Kier alpha value is -1.94. The molecule has 0 aromatic heterocycles. The Morgan fingerprint density at radius 2 is 1.75 bits per heavy atom. The first-order chi connectivity index (χ1) is 16.9. The van der Waals surface area contributed by atoms with Crippen molar-refractivity contribution >= 4 is 72.2 Å². The Labute approximate surface area is 237 Å². The number of carbonyl (C=O) groups is 3. The number of methoxy groups -OCH3 is 1. The number of nitrogens with one attached hydrogen (secondary N) is 2. The van der Waals surface area contributed by atoms with E-state index in [2.05, 4.69) is 42.5 Å². The molecule has 2 heterocycles. The second kappa shape index (κ2) is 12.1. The second-order valence-corrected chi connectivity index (χ2v) is 11.1. The summed E-state index contributed by atoms with van der Waals surface area (Å²) in [4.78, 5) is 38.3. The maximum Gasteiger partial charge on any atom is 0.328 e. The number of ether oxygens (including phenoxy) is 2. The topological polar surface area (TPSA) is 160 Å². The molecule has 4 bridgehead atoms. The molecule has 0 radical (unpaired) electrons. The van der Waals surface area contributed by atoms with Crippen molar-refractivity contribution in [2.75, 3.05) is 7.11 Å². The van der Waals surface area contributed by atoms with Crippen LogP contribution < -0.4 is 21.1 Å². The average molecular weight is 741 g/mol. The van der Waals surface area contributed by atoms with Crippen molar-refractivity contribution in [3.8, 4) is 17.2 Å². The molecule has 2 amide bonds. The van der Waals surface area contributed by atoms with Gasteiger partial charge in [0.25, 0.3) is 0 Å². The van der Waals surface area contributed by atoms with E-state index < -0.39 is 42.0 Å². The van der Waals surface area contributed by atoms with Gasteiger partial charge in [-0.2, -0.15) is 0 Å².